The van der Waals surface area contributed by atoms with Crippen LogP contribution in [0.4, 0.5) is 0 Å². The smallest absolute Gasteiger partial charge is 1.00 e. The molecule has 1 heterocycles. The van der Waals surface area contributed by atoms with Crippen molar-refractivity contribution in [1.82, 2.24) is 0 Å². The molecule has 0 amide bonds. The Kier molecular flexibility index (Phi) is 5.56. The molecule has 1 atom stereocenters. The molecule has 0 spiro atoms. The van der Waals surface area contributed by atoms with Crippen LogP contribution in [0.2, 0.25) is 0 Å². The molecule has 1 aromatic rings. The summed E-state index contributed by atoms with van der Waals surface area (Å²) in [6, 6.07) is 10.7. The van der Waals surface area contributed by atoms with Gasteiger partial charge in [-0.25, -0.2) is 0 Å². The average Bonchev–Trinajstić information content (AvgIpc) is 2.20. The maximum atomic E-state index is 5.91. The van der Waals surface area contributed by atoms with Gasteiger partial charge in [0.25, 0.3) is 0 Å². The van der Waals surface area contributed by atoms with Crippen LogP contribution in [0, 0.1) is 0 Å². The van der Waals surface area contributed by atoms with Crippen molar-refractivity contribution in [3.8, 4) is 0 Å². The second-order valence-electron chi connectivity index (χ2n) is 3.90. The van der Waals surface area contributed by atoms with E-state index in [0.717, 1.165) is 16.8 Å². The molecule has 1 fully saturated rings. The molecule has 2 rings (SSSR count). The zero-order chi connectivity index (χ0) is 9.15. The van der Waals surface area contributed by atoms with Crippen LogP contribution >= 0.6 is 0 Å². The molecular formula is C11H17KOSi. The van der Waals surface area contributed by atoms with Crippen LogP contribution in [-0.2, 0) is 9.96 Å². The van der Waals surface area contributed by atoms with Gasteiger partial charge in [-0.2, -0.15) is 0 Å². The summed E-state index contributed by atoms with van der Waals surface area (Å²) in [5, 5.41) is 0.111. The second-order valence-corrected chi connectivity index (χ2v) is 5.52. The zero-order valence-electron chi connectivity index (χ0n) is 10.1. The van der Waals surface area contributed by atoms with Gasteiger partial charge in [-0.3, -0.25) is 0 Å². The second kappa shape index (κ2) is 5.94. The molecule has 1 unspecified atom stereocenters. The molecule has 1 saturated heterocycles. The van der Waals surface area contributed by atoms with E-state index in [4.69, 9.17) is 4.74 Å². The van der Waals surface area contributed by atoms with Crippen LogP contribution in [0.15, 0.2) is 30.3 Å². The first-order chi connectivity index (χ1) is 6.31. The Labute approximate surface area is 133 Å². The van der Waals surface area contributed by atoms with Crippen LogP contribution in [-0.4, -0.2) is 16.8 Å². The molecule has 0 N–H and O–H groups in total. The van der Waals surface area contributed by atoms with Gasteiger partial charge in [0, 0.05) is 16.8 Å². The fourth-order valence-corrected chi connectivity index (χ4v) is 2.84. The summed E-state index contributed by atoms with van der Waals surface area (Å²) in [5.74, 6) is 0. The topological polar surface area (TPSA) is 9.23 Å². The van der Waals surface area contributed by atoms with Crippen molar-refractivity contribution < 1.29 is 57.5 Å². The van der Waals surface area contributed by atoms with Gasteiger partial charge < -0.3 is 6.16 Å². The quantitative estimate of drug-likeness (QED) is 0.537. The molecule has 14 heavy (non-hydrogen) atoms. The summed E-state index contributed by atoms with van der Waals surface area (Å²) in [5.41, 5.74) is 1.38. The minimum absolute atomic E-state index is 0. The van der Waals surface area contributed by atoms with Crippen LogP contribution in [0.1, 0.15) is 26.3 Å². The molecule has 3 heteroatoms. The molecule has 72 valence electrons. The first-order valence-electron chi connectivity index (χ1n) is 5.01. The van der Waals surface area contributed by atoms with Crippen molar-refractivity contribution in [3.63, 3.8) is 0 Å². The molecule has 0 saturated carbocycles. The van der Waals surface area contributed by atoms with Gasteiger partial charge >= 0.3 is 51.4 Å². The van der Waals surface area contributed by atoms with Crippen LogP contribution in [0.25, 0.3) is 0 Å². The van der Waals surface area contributed by atoms with Gasteiger partial charge in [-0.05, 0) is 24.8 Å². The normalized spacial score (nSPS) is 26.9. The monoisotopic (exact) mass is 232 g/mol. The van der Waals surface area contributed by atoms with E-state index in [2.05, 4.69) is 30.3 Å². The fraction of sp³-hybridized carbons (Fsp3) is 0.455. The summed E-state index contributed by atoms with van der Waals surface area (Å²) in [7, 11) is 1.10. The molecular weight excluding hydrogens is 215 g/mol. The first-order valence-corrected chi connectivity index (χ1v) is 6.01. The van der Waals surface area contributed by atoms with Crippen molar-refractivity contribution in [1.29, 1.82) is 0 Å². The average molecular weight is 232 g/mol. The standard InChI is InChI=1S/C11H16OSi.K.H/c13-11(8-4-5-9-12-11)10-6-2-1-3-7-10;;/h1-3,6-7H,4-5,8-9H2,13H3;;/q;+1;-1. The molecule has 0 radical (unpaired) electrons. The van der Waals surface area contributed by atoms with Gasteiger partial charge in [-0.15, -0.1) is 0 Å². The van der Waals surface area contributed by atoms with E-state index in [1.807, 2.05) is 0 Å². The molecule has 1 aromatic carbocycles. The molecule has 1 aliphatic rings. The minimum Gasteiger partial charge on any atom is -1.00 e. The van der Waals surface area contributed by atoms with Crippen molar-refractivity contribution in [2.24, 2.45) is 0 Å². The van der Waals surface area contributed by atoms with E-state index in [9.17, 15) is 0 Å². The Bertz CT molecular complexity index is 275. The predicted octanol–water partition coefficient (Wildman–Crippen LogP) is -1.48. The summed E-state index contributed by atoms with van der Waals surface area (Å²) >= 11 is 0. The Morgan fingerprint density at radius 2 is 1.93 bits per heavy atom. The Hall–Kier alpha value is 1.03. The summed E-state index contributed by atoms with van der Waals surface area (Å²) in [6.07, 6.45) is 3.76. The molecule has 0 aliphatic carbocycles. The van der Waals surface area contributed by atoms with Crippen LogP contribution in [0.5, 0.6) is 0 Å². The number of rotatable bonds is 1. The Balaban J connectivity index is 0.000000980. The third-order valence-electron chi connectivity index (χ3n) is 2.85. The van der Waals surface area contributed by atoms with Crippen molar-refractivity contribution in [2.75, 3.05) is 6.61 Å². The van der Waals surface area contributed by atoms with E-state index in [1.54, 1.807) is 0 Å². The largest absolute Gasteiger partial charge is 1.00 e. The van der Waals surface area contributed by atoms with E-state index < -0.39 is 0 Å². The Morgan fingerprint density at radius 1 is 1.21 bits per heavy atom. The third kappa shape index (κ3) is 3.01. The maximum absolute atomic E-state index is 5.91. The summed E-state index contributed by atoms with van der Waals surface area (Å²) in [6.45, 7) is 0.943. The van der Waals surface area contributed by atoms with Gasteiger partial charge in [-0.1, -0.05) is 30.3 Å². The van der Waals surface area contributed by atoms with Crippen molar-refractivity contribution in [2.45, 2.75) is 24.5 Å². The van der Waals surface area contributed by atoms with E-state index in [1.165, 1.54) is 24.8 Å². The van der Waals surface area contributed by atoms with E-state index >= 15 is 0 Å². The fourth-order valence-electron chi connectivity index (χ4n) is 1.95. The minimum atomic E-state index is 0. The summed E-state index contributed by atoms with van der Waals surface area (Å²) < 4.78 is 5.91. The SMILES string of the molecule is [H-].[K+].[SiH3]C1(c2ccccc2)CCCCO1. The van der Waals surface area contributed by atoms with Crippen LogP contribution in [0.3, 0.4) is 0 Å². The molecule has 0 aromatic heterocycles. The molecule has 0 bridgehead atoms. The van der Waals surface area contributed by atoms with E-state index in [-0.39, 0.29) is 58.0 Å². The van der Waals surface area contributed by atoms with Crippen LogP contribution < -0.4 is 51.4 Å². The van der Waals surface area contributed by atoms with Crippen molar-refractivity contribution in [3.05, 3.63) is 35.9 Å². The van der Waals surface area contributed by atoms with Gasteiger partial charge in [0.15, 0.2) is 0 Å². The number of hydrogen-bond acceptors (Lipinski definition) is 1. The number of benzene rings is 1. The number of ether oxygens (including phenoxy) is 1. The maximum Gasteiger partial charge on any atom is 1.00 e. The Morgan fingerprint density at radius 3 is 2.50 bits per heavy atom. The van der Waals surface area contributed by atoms with Gasteiger partial charge in [0.05, 0.1) is 5.22 Å². The third-order valence-corrected chi connectivity index (χ3v) is 4.22. The summed E-state index contributed by atoms with van der Waals surface area (Å²) in [4.78, 5) is 0. The van der Waals surface area contributed by atoms with E-state index in [0.29, 0.717) is 0 Å². The van der Waals surface area contributed by atoms with Crippen molar-refractivity contribution >= 4 is 10.2 Å². The van der Waals surface area contributed by atoms with Gasteiger partial charge in [0.2, 0.25) is 0 Å². The zero-order valence-corrected chi connectivity index (χ0v) is 14.2. The van der Waals surface area contributed by atoms with Gasteiger partial charge in [0.1, 0.15) is 0 Å². The molecule has 1 nitrogen and oxygen atoms in total. The predicted molar refractivity (Wildman–Crippen MR) is 59.0 cm³/mol. The number of hydrogen-bond donors (Lipinski definition) is 0. The molecule has 1 aliphatic heterocycles. The first kappa shape index (κ1) is 13.1.